The van der Waals surface area contributed by atoms with Crippen molar-refractivity contribution in [3.05, 3.63) is 132 Å². The fourth-order valence-electron chi connectivity index (χ4n) is 6.69. The molecule has 256 valence electrons. The summed E-state index contributed by atoms with van der Waals surface area (Å²) in [5.74, 6) is 2.38. The van der Waals surface area contributed by atoms with Crippen molar-refractivity contribution in [1.82, 2.24) is 19.3 Å². The second-order valence-corrected chi connectivity index (χ2v) is 13.3. The van der Waals surface area contributed by atoms with Gasteiger partial charge in [0, 0.05) is 41.0 Å². The van der Waals surface area contributed by atoms with Crippen LogP contribution in [0, 0.1) is 36.7 Å². The van der Waals surface area contributed by atoms with Crippen LogP contribution in [0.2, 0.25) is 0 Å². The molecule has 0 saturated heterocycles. The number of hydrogen-bond donors (Lipinski definition) is 0. The van der Waals surface area contributed by atoms with Crippen LogP contribution in [-0.4, -0.2) is 19.3 Å². The number of aromatic nitrogens is 4. The van der Waals surface area contributed by atoms with Crippen molar-refractivity contribution in [2.45, 2.75) is 60.3 Å². The average molecular weight is 844 g/mol. The van der Waals surface area contributed by atoms with Crippen molar-refractivity contribution in [3.63, 3.8) is 0 Å². The monoisotopic (exact) mass is 843 g/mol. The fourth-order valence-corrected chi connectivity index (χ4v) is 6.69. The molecule has 2 atom stereocenters. The van der Waals surface area contributed by atoms with Gasteiger partial charge in [-0.25, -0.2) is 9.37 Å². The van der Waals surface area contributed by atoms with Crippen molar-refractivity contribution in [3.8, 4) is 34.1 Å². The molecule has 7 heteroatoms. The Morgan fingerprint density at radius 3 is 2.26 bits per heavy atom. The predicted octanol–water partition coefficient (Wildman–Crippen LogP) is 11.0. The molecule has 4 aromatic carbocycles. The Kier molecular flexibility index (Phi) is 10.7. The van der Waals surface area contributed by atoms with E-state index in [-0.39, 0.29) is 26.9 Å². The van der Waals surface area contributed by atoms with Crippen LogP contribution in [0.4, 0.5) is 4.39 Å². The van der Waals surface area contributed by atoms with Crippen LogP contribution >= 0.6 is 0 Å². The first-order valence-electron chi connectivity index (χ1n) is 17.3. The number of rotatable bonds is 11. The van der Waals surface area contributed by atoms with E-state index >= 15 is 0 Å². The molecular formula is C43H41FN4OPt. The van der Waals surface area contributed by atoms with E-state index in [1.54, 1.807) is 0 Å². The Morgan fingerprint density at radius 2 is 1.54 bits per heavy atom. The zero-order chi connectivity index (χ0) is 34.1. The fraction of sp³-hybridized carbons (Fsp3) is 0.256. The average Bonchev–Trinajstić information content (AvgIpc) is 3.71. The van der Waals surface area contributed by atoms with E-state index in [1.807, 2.05) is 64.0 Å². The molecule has 0 radical (unpaired) electrons. The molecule has 0 fully saturated rings. The Hall–Kier alpha value is -4.54. The van der Waals surface area contributed by atoms with E-state index in [9.17, 15) is 4.39 Å². The van der Waals surface area contributed by atoms with Gasteiger partial charge in [0.05, 0.1) is 6.20 Å². The van der Waals surface area contributed by atoms with E-state index in [1.165, 1.54) is 40.6 Å². The third-order valence-electron chi connectivity index (χ3n) is 9.56. The molecule has 0 saturated carbocycles. The van der Waals surface area contributed by atoms with E-state index < -0.39 is 0 Å². The number of nitrogens with zero attached hydrogens (tertiary/aromatic N) is 4. The molecule has 7 rings (SSSR count). The summed E-state index contributed by atoms with van der Waals surface area (Å²) in [5.41, 5.74) is 8.99. The summed E-state index contributed by atoms with van der Waals surface area (Å²) in [6, 6.07) is 32.1. The van der Waals surface area contributed by atoms with Gasteiger partial charge in [0.1, 0.15) is 11.6 Å². The molecule has 5 nitrogen and oxygen atoms in total. The van der Waals surface area contributed by atoms with Gasteiger partial charge >= 0.3 is 21.1 Å². The number of ether oxygens (including phenoxy) is 1. The smallest absolute Gasteiger partial charge is 0.509 e. The van der Waals surface area contributed by atoms with E-state index in [0.717, 1.165) is 58.7 Å². The topological polar surface area (TPSA) is 44.9 Å². The molecule has 2 unspecified atom stereocenters. The Bertz CT molecular complexity index is 2240. The molecule has 3 heterocycles. The van der Waals surface area contributed by atoms with Gasteiger partial charge < -0.3 is 9.30 Å². The minimum Gasteiger partial charge on any atom is -0.509 e. The predicted molar refractivity (Wildman–Crippen MR) is 196 cm³/mol. The zero-order valence-corrected chi connectivity index (χ0v) is 31.4. The van der Waals surface area contributed by atoms with Crippen LogP contribution in [0.1, 0.15) is 57.2 Å². The van der Waals surface area contributed by atoms with Crippen LogP contribution in [0.15, 0.2) is 97.5 Å². The maximum atomic E-state index is 14.3. The molecule has 7 aromatic rings. The SMILES string of the molecule is CCC(C)Cc1cc(C)cc(CC(C)CC)c1-c1cnn(-c2[c-]c(Oc3[c-]c4c(cc3)c3ccccc3n4-c3cc(F)ccn3)ccc2)c1.[Pt+2]. The van der Waals surface area contributed by atoms with Crippen LogP contribution < -0.4 is 4.74 Å². The Labute approximate surface area is 308 Å². The molecule has 3 aromatic heterocycles. The summed E-state index contributed by atoms with van der Waals surface area (Å²) >= 11 is 0. The molecule has 50 heavy (non-hydrogen) atoms. The van der Waals surface area contributed by atoms with Crippen LogP contribution in [-0.2, 0) is 33.9 Å². The summed E-state index contributed by atoms with van der Waals surface area (Å²) in [6.45, 7) is 11.4. The maximum absolute atomic E-state index is 14.3. The summed E-state index contributed by atoms with van der Waals surface area (Å²) in [5, 5.41) is 6.82. The van der Waals surface area contributed by atoms with Crippen LogP contribution in [0.5, 0.6) is 11.5 Å². The van der Waals surface area contributed by atoms with E-state index in [4.69, 9.17) is 9.84 Å². The summed E-state index contributed by atoms with van der Waals surface area (Å²) in [7, 11) is 0. The number of halogens is 1. The minimum atomic E-state index is -0.350. The van der Waals surface area contributed by atoms with Gasteiger partial charge in [-0.3, -0.25) is 4.68 Å². The van der Waals surface area contributed by atoms with Crippen molar-refractivity contribution >= 4 is 21.8 Å². The quantitative estimate of drug-likeness (QED) is 0.122. The number of pyridine rings is 1. The second kappa shape index (κ2) is 15.1. The van der Waals surface area contributed by atoms with Gasteiger partial charge in [-0.15, -0.1) is 35.7 Å². The number of para-hydroxylation sites is 1. The molecule has 0 aliphatic heterocycles. The largest absolute Gasteiger partial charge is 2.00 e. The van der Waals surface area contributed by atoms with Gasteiger partial charge in [-0.2, -0.15) is 17.2 Å². The third-order valence-corrected chi connectivity index (χ3v) is 9.56. The Balaban J connectivity index is 0.00000432. The standard InChI is InChI=1S/C43H41FN4O.Pt/c1-6-28(3)19-31-21-30(5)22-32(20-29(4)7-2)43(31)33-26-46-47(27-33)35-11-10-12-36(24-35)49-37-15-16-39-38-13-8-9-14-40(38)48(41(39)25-37)42-23-34(44)17-18-45-42;/h8-18,21-23,26-29H,6-7,19-20H2,1-5H3;/q-2;+2. The minimum absolute atomic E-state index is 0. The third kappa shape index (κ3) is 7.18. The first-order chi connectivity index (χ1) is 23.8. The zero-order valence-electron chi connectivity index (χ0n) is 29.1. The van der Waals surface area contributed by atoms with Crippen molar-refractivity contribution in [1.29, 1.82) is 0 Å². The van der Waals surface area contributed by atoms with Crippen LogP contribution in [0.25, 0.3) is 44.4 Å². The number of hydrogen-bond acceptors (Lipinski definition) is 3. The van der Waals surface area contributed by atoms with Crippen LogP contribution in [0.3, 0.4) is 0 Å². The second-order valence-electron chi connectivity index (χ2n) is 13.3. The van der Waals surface area contributed by atoms with Gasteiger partial charge in [0.2, 0.25) is 0 Å². The molecule has 0 aliphatic rings. The maximum Gasteiger partial charge on any atom is 2.00 e. The Morgan fingerprint density at radius 1 is 0.820 bits per heavy atom. The molecule has 0 amide bonds. The van der Waals surface area contributed by atoms with Gasteiger partial charge in [-0.1, -0.05) is 81.9 Å². The summed E-state index contributed by atoms with van der Waals surface area (Å²) < 4.78 is 24.4. The molecule has 0 N–H and O–H groups in total. The van der Waals surface area contributed by atoms with Gasteiger partial charge in [-0.05, 0) is 71.5 Å². The molecular weight excluding hydrogens is 803 g/mol. The molecule has 0 spiro atoms. The van der Waals surface area contributed by atoms with E-state index in [0.29, 0.717) is 29.2 Å². The number of benzene rings is 4. The summed E-state index contributed by atoms with van der Waals surface area (Å²) in [6.07, 6.45) is 9.93. The van der Waals surface area contributed by atoms with Crippen molar-refractivity contribution in [2.75, 3.05) is 0 Å². The first-order valence-corrected chi connectivity index (χ1v) is 17.3. The number of fused-ring (bicyclic) bond motifs is 3. The summed E-state index contributed by atoms with van der Waals surface area (Å²) in [4.78, 5) is 4.46. The molecule has 0 aliphatic carbocycles. The van der Waals surface area contributed by atoms with Crippen molar-refractivity contribution in [2.24, 2.45) is 11.8 Å². The van der Waals surface area contributed by atoms with E-state index in [2.05, 4.69) is 76.1 Å². The van der Waals surface area contributed by atoms with Crippen molar-refractivity contribution < 1.29 is 30.2 Å². The normalized spacial score (nSPS) is 12.6. The first kappa shape index (κ1) is 35.3. The van der Waals surface area contributed by atoms with Gasteiger partial charge in [0.15, 0.2) is 0 Å². The van der Waals surface area contributed by atoms with Gasteiger partial charge in [0.25, 0.3) is 0 Å². The molecule has 0 bridgehead atoms. The number of aryl methyl sites for hydroxylation is 1.